The minimum Gasteiger partial charge on any atom is -0.440 e. The van der Waals surface area contributed by atoms with Gasteiger partial charge >= 0.3 is 12.3 Å². The molecular formula is C9H14F3NO2. The zero-order chi connectivity index (χ0) is 11.5. The van der Waals surface area contributed by atoms with Crippen LogP contribution < -0.4 is 5.32 Å². The molecule has 0 heterocycles. The lowest BCUT2D eigenvalue weighted by atomic mass is 10.1. The van der Waals surface area contributed by atoms with E-state index >= 15 is 0 Å². The van der Waals surface area contributed by atoms with E-state index in [-0.39, 0.29) is 0 Å². The zero-order valence-corrected chi connectivity index (χ0v) is 8.43. The molecule has 3 nitrogen and oxygen atoms in total. The van der Waals surface area contributed by atoms with Gasteiger partial charge in [0.1, 0.15) is 0 Å². The minimum absolute atomic E-state index is 0.309. The summed E-state index contributed by atoms with van der Waals surface area (Å²) in [4.78, 5) is 10.8. The number of carbonyl (C=O) groups excluding carboxylic acids is 1. The van der Waals surface area contributed by atoms with Crippen LogP contribution in [0.25, 0.3) is 0 Å². The molecule has 1 N–H and O–H groups in total. The predicted molar refractivity (Wildman–Crippen MR) is 47.3 cm³/mol. The number of amides is 1. The summed E-state index contributed by atoms with van der Waals surface area (Å²) in [7, 11) is 0. The van der Waals surface area contributed by atoms with E-state index in [0.29, 0.717) is 18.4 Å². The van der Waals surface area contributed by atoms with Gasteiger partial charge in [0.15, 0.2) is 6.61 Å². The molecule has 1 aliphatic carbocycles. The van der Waals surface area contributed by atoms with Crippen molar-refractivity contribution >= 4 is 6.09 Å². The van der Waals surface area contributed by atoms with Crippen LogP contribution >= 0.6 is 0 Å². The normalized spacial score (nSPS) is 18.4. The molecule has 15 heavy (non-hydrogen) atoms. The third-order valence-corrected chi connectivity index (χ3v) is 2.36. The number of hydrogen-bond acceptors (Lipinski definition) is 2. The molecule has 6 heteroatoms. The van der Waals surface area contributed by atoms with Crippen molar-refractivity contribution in [1.82, 2.24) is 5.32 Å². The fourth-order valence-electron chi connectivity index (χ4n) is 1.27. The van der Waals surface area contributed by atoms with E-state index < -0.39 is 18.9 Å². The highest BCUT2D eigenvalue weighted by Gasteiger charge is 2.30. The Bertz CT molecular complexity index is 226. The van der Waals surface area contributed by atoms with Gasteiger partial charge in [-0.2, -0.15) is 13.2 Å². The monoisotopic (exact) mass is 225 g/mol. The van der Waals surface area contributed by atoms with Crippen molar-refractivity contribution < 1.29 is 22.7 Å². The average Bonchev–Trinajstić information content (AvgIpc) is 2.92. The van der Waals surface area contributed by atoms with Crippen LogP contribution in [-0.4, -0.2) is 25.4 Å². The Morgan fingerprint density at radius 2 is 2.13 bits per heavy atom. The summed E-state index contributed by atoms with van der Waals surface area (Å²) in [5.74, 6) is 0.913. The average molecular weight is 225 g/mol. The summed E-state index contributed by atoms with van der Waals surface area (Å²) in [6, 6.07) is 0. The summed E-state index contributed by atoms with van der Waals surface area (Å²) < 4.78 is 38.9. The van der Waals surface area contributed by atoms with E-state index in [1.807, 2.05) is 6.92 Å². The first kappa shape index (κ1) is 12.1. The Balaban J connectivity index is 2.07. The molecule has 0 radical (unpaired) electrons. The van der Waals surface area contributed by atoms with Gasteiger partial charge in [-0.25, -0.2) is 4.79 Å². The second kappa shape index (κ2) is 4.72. The van der Waals surface area contributed by atoms with Crippen LogP contribution in [0.15, 0.2) is 0 Å². The molecular weight excluding hydrogens is 211 g/mol. The second-order valence-corrected chi connectivity index (χ2v) is 3.89. The van der Waals surface area contributed by atoms with Crippen LogP contribution in [-0.2, 0) is 4.74 Å². The van der Waals surface area contributed by atoms with Crippen LogP contribution in [0, 0.1) is 11.8 Å². The number of ether oxygens (including phenoxy) is 1. The fourth-order valence-corrected chi connectivity index (χ4v) is 1.27. The fraction of sp³-hybridized carbons (Fsp3) is 0.889. The first-order chi connectivity index (χ1) is 6.88. The van der Waals surface area contributed by atoms with E-state index in [1.54, 1.807) is 0 Å². The van der Waals surface area contributed by atoms with Crippen molar-refractivity contribution in [2.24, 2.45) is 11.8 Å². The van der Waals surface area contributed by atoms with Crippen molar-refractivity contribution in [2.75, 3.05) is 13.2 Å². The molecule has 1 saturated carbocycles. The van der Waals surface area contributed by atoms with E-state index in [4.69, 9.17) is 0 Å². The van der Waals surface area contributed by atoms with Gasteiger partial charge in [0.25, 0.3) is 0 Å². The number of nitrogens with one attached hydrogen (secondary N) is 1. The summed E-state index contributed by atoms with van der Waals surface area (Å²) >= 11 is 0. The molecule has 1 atom stereocenters. The number of carbonyl (C=O) groups is 1. The topological polar surface area (TPSA) is 38.3 Å². The maximum Gasteiger partial charge on any atom is 0.422 e. The van der Waals surface area contributed by atoms with Gasteiger partial charge in [-0.15, -0.1) is 0 Å². The molecule has 0 aromatic carbocycles. The molecule has 0 aliphatic heterocycles. The van der Waals surface area contributed by atoms with Gasteiger partial charge < -0.3 is 10.1 Å². The number of hydrogen-bond donors (Lipinski definition) is 1. The molecule has 0 aromatic heterocycles. The van der Waals surface area contributed by atoms with Crippen LogP contribution in [0.1, 0.15) is 19.8 Å². The van der Waals surface area contributed by atoms with Crippen molar-refractivity contribution in [2.45, 2.75) is 25.9 Å². The second-order valence-electron chi connectivity index (χ2n) is 3.89. The molecule has 1 unspecified atom stereocenters. The van der Waals surface area contributed by atoms with E-state index in [9.17, 15) is 18.0 Å². The minimum atomic E-state index is -4.46. The van der Waals surface area contributed by atoms with Gasteiger partial charge in [0, 0.05) is 6.54 Å². The molecule has 0 bridgehead atoms. The van der Waals surface area contributed by atoms with E-state index in [0.717, 1.165) is 12.8 Å². The first-order valence-corrected chi connectivity index (χ1v) is 4.86. The number of halogens is 3. The lowest BCUT2D eigenvalue weighted by Crippen LogP contribution is -2.32. The maximum atomic E-state index is 11.6. The van der Waals surface area contributed by atoms with Crippen LogP contribution in [0.4, 0.5) is 18.0 Å². The van der Waals surface area contributed by atoms with Gasteiger partial charge in [-0.1, -0.05) is 6.92 Å². The highest BCUT2D eigenvalue weighted by Crippen LogP contribution is 2.36. The quantitative estimate of drug-likeness (QED) is 0.797. The molecule has 1 amide bonds. The third kappa shape index (κ3) is 5.49. The van der Waals surface area contributed by atoms with Crippen LogP contribution in [0.3, 0.4) is 0 Å². The van der Waals surface area contributed by atoms with Crippen LogP contribution in [0.5, 0.6) is 0 Å². The van der Waals surface area contributed by atoms with Crippen molar-refractivity contribution in [3.63, 3.8) is 0 Å². The highest BCUT2D eigenvalue weighted by atomic mass is 19.4. The first-order valence-electron chi connectivity index (χ1n) is 4.86. The van der Waals surface area contributed by atoms with Gasteiger partial charge in [0.2, 0.25) is 0 Å². The summed E-state index contributed by atoms with van der Waals surface area (Å²) in [6.45, 7) is 0.805. The Hall–Kier alpha value is -0.940. The molecule has 0 saturated heterocycles. The number of alkyl carbamates (subject to hydrolysis) is 1. The van der Waals surface area contributed by atoms with Gasteiger partial charge in [-0.3, -0.25) is 0 Å². The molecule has 0 spiro atoms. The van der Waals surface area contributed by atoms with Crippen molar-refractivity contribution in [3.8, 4) is 0 Å². The Labute approximate surface area is 86.0 Å². The SMILES string of the molecule is CC(CNC(=O)OCC(F)(F)F)C1CC1. The largest absolute Gasteiger partial charge is 0.440 e. The summed E-state index contributed by atoms with van der Waals surface area (Å²) in [6.07, 6.45) is -3.18. The van der Waals surface area contributed by atoms with Crippen molar-refractivity contribution in [3.05, 3.63) is 0 Å². The molecule has 0 aromatic rings. The predicted octanol–water partition coefficient (Wildman–Crippen LogP) is 2.32. The highest BCUT2D eigenvalue weighted by molar-refractivity contribution is 5.67. The number of rotatable bonds is 4. The Kier molecular flexibility index (Phi) is 3.82. The van der Waals surface area contributed by atoms with Crippen LogP contribution in [0.2, 0.25) is 0 Å². The molecule has 1 aliphatic rings. The maximum absolute atomic E-state index is 11.6. The third-order valence-electron chi connectivity index (χ3n) is 2.36. The molecule has 1 rings (SSSR count). The van der Waals surface area contributed by atoms with E-state index in [2.05, 4.69) is 10.1 Å². The lowest BCUT2D eigenvalue weighted by molar-refractivity contribution is -0.160. The van der Waals surface area contributed by atoms with Crippen molar-refractivity contribution in [1.29, 1.82) is 0 Å². The summed E-state index contributed by atoms with van der Waals surface area (Å²) in [5.41, 5.74) is 0. The number of alkyl halides is 3. The van der Waals surface area contributed by atoms with Gasteiger partial charge in [0.05, 0.1) is 0 Å². The Morgan fingerprint density at radius 1 is 1.53 bits per heavy atom. The van der Waals surface area contributed by atoms with E-state index in [1.165, 1.54) is 0 Å². The smallest absolute Gasteiger partial charge is 0.422 e. The van der Waals surface area contributed by atoms with Gasteiger partial charge in [-0.05, 0) is 24.7 Å². The zero-order valence-electron chi connectivity index (χ0n) is 8.43. The molecule has 88 valence electrons. The standard InChI is InChI=1S/C9H14F3NO2/c1-6(7-2-3-7)4-13-8(14)15-5-9(10,11)12/h6-7H,2-5H2,1H3,(H,13,14). The summed E-state index contributed by atoms with van der Waals surface area (Å²) in [5, 5.41) is 2.32. The Morgan fingerprint density at radius 3 is 2.60 bits per heavy atom. The molecule has 1 fully saturated rings. The lowest BCUT2D eigenvalue weighted by Gasteiger charge is -2.12.